The number of rotatable bonds is 12. The molecular weight excluding hydrogens is 508 g/mol. The van der Waals surface area contributed by atoms with Gasteiger partial charge < -0.3 is 30.7 Å². The third kappa shape index (κ3) is 9.55. The highest BCUT2D eigenvalue weighted by atomic mass is 16.6. The van der Waals surface area contributed by atoms with Gasteiger partial charge in [0.25, 0.3) is 0 Å². The standard InChI is InChI=1S/C31H44N4O5/c1-21(2)27(35-17-16-32-29(35)38)28(37)33-24(18-22-12-8-6-9-13-22)20-26(36)25(19-23-14-10-7-11-15-23)34-30(39)40-31(3,4)5/h6-15,21,24-27,36H,16-20H2,1-5H3,(H,32,38)(H,33,37)(H,34,39)/t24-,25-,26-,27-/m0/s1. The normalized spacial score (nSPS) is 16.6. The first-order valence-corrected chi connectivity index (χ1v) is 14.0. The smallest absolute Gasteiger partial charge is 0.407 e. The van der Waals surface area contributed by atoms with Crippen LogP contribution < -0.4 is 16.0 Å². The Morgan fingerprint density at radius 2 is 1.55 bits per heavy atom. The van der Waals surface area contributed by atoms with E-state index in [0.29, 0.717) is 25.9 Å². The van der Waals surface area contributed by atoms with Crippen LogP contribution in [0.2, 0.25) is 0 Å². The number of aliphatic hydroxyl groups is 1. The minimum absolute atomic E-state index is 0.106. The SMILES string of the molecule is CC(C)[C@@H](C(=O)N[C@@H](Cc1ccccc1)C[C@H](O)[C@H](Cc1ccccc1)NC(=O)OC(C)(C)C)N1CCNC1=O. The fraction of sp³-hybridized carbons (Fsp3) is 0.516. The van der Waals surface area contributed by atoms with Crippen LogP contribution in [0.25, 0.3) is 0 Å². The number of benzene rings is 2. The van der Waals surface area contributed by atoms with Gasteiger partial charge in [-0.1, -0.05) is 74.5 Å². The van der Waals surface area contributed by atoms with Crippen LogP contribution in [-0.2, 0) is 22.4 Å². The topological polar surface area (TPSA) is 120 Å². The second kappa shape index (κ2) is 14.2. The molecule has 40 heavy (non-hydrogen) atoms. The molecule has 0 saturated carbocycles. The fourth-order valence-corrected chi connectivity index (χ4v) is 5.00. The lowest BCUT2D eigenvalue weighted by atomic mass is 9.93. The monoisotopic (exact) mass is 552 g/mol. The number of amides is 4. The van der Waals surface area contributed by atoms with Crippen LogP contribution in [0, 0.1) is 5.92 Å². The van der Waals surface area contributed by atoms with Crippen molar-refractivity contribution in [2.45, 2.75) is 83.7 Å². The molecular formula is C31H44N4O5. The predicted molar refractivity (Wildman–Crippen MR) is 155 cm³/mol. The molecule has 4 amide bonds. The largest absolute Gasteiger partial charge is 0.444 e. The molecule has 4 atom stereocenters. The summed E-state index contributed by atoms with van der Waals surface area (Å²) < 4.78 is 5.47. The molecule has 1 aliphatic heterocycles. The van der Waals surface area contributed by atoms with Gasteiger partial charge in [0, 0.05) is 19.1 Å². The Bertz CT molecular complexity index is 1100. The number of nitrogens with one attached hydrogen (secondary N) is 3. The summed E-state index contributed by atoms with van der Waals surface area (Å²) in [4.78, 5) is 40.2. The molecule has 1 heterocycles. The lowest BCUT2D eigenvalue weighted by Crippen LogP contribution is -2.55. The molecule has 9 heteroatoms. The van der Waals surface area contributed by atoms with E-state index in [1.165, 1.54) is 0 Å². The van der Waals surface area contributed by atoms with Gasteiger partial charge in [-0.3, -0.25) is 4.79 Å². The summed E-state index contributed by atoms with van der Waals surface area (Å²) >= 11 is 0. The van der Waals surface area contributed by atoms with E-state index in [9.17, 15) is 19.5 Å². The van der Waals surface area contributed by atoms with Gasteiger partial charge in [0.2, 0.25) is 5.91 Å². The Kier molecular flexibility index (Phi) is 11.0. The average Bonchev–Trinajstić information content (AvgIpc) is 3.28. The maximum absolute atomic E-state index is 13.6. The van der Waals surface area contributed by atoms with Gasteiger partial charge >= 0.3 is 12.1 Å². The summed E-state index contributed by atoms with van der Waals surface area (Å²) in [7, 11) is 0. The Hall–Kier alpha value is -3.59. The van der Waals surface area contributed by atoms with E-state index in [0.717, 1.165) is 11.1 Å². The van der Waals surface area contributed by atoms with Crippen LogP contribution >= 0.6 is 0 Å². The van der Waals surface area contributed by atoms with Gasteiger partial charge in [-0.25, -0.2) is 9.59 Å². The summed E-state index contributed by atoms with van der Waals surface area (Å²) in [6.45, 7) is 10.1. The number of nitrogens with zero attached hydrogens (tertiary/aromatic N) is 1. The molecule has 1 fully saturated rings. The summed E-state index contributed by atoms with van der Waals surface area (Å²) in [6, 6.07) is 17.3. The number of alkyl carbamates (subject to hydrolysis) is 1. The Balaban J connectivity index is 1.82. The number of aliphatic hydroxyl groups excluding tert-OH is 1. The third-order valence-electron chi connectivity index (χ3n) is 6.79. The molecule has 3 rings (SSSR count). The van der Waals surface area contributed by atoms with E-state index in [2.05, 4.69) is 16.0 Å². The highest BCUT2D eigenvalue weighted by Crippen LogP contribution is 2.18. The molecule has 0 unspecified atom stereocenters. The number of urea groups is 1. The highest BCUT2D eigenvalue weighted by Gasteiger charge is 2.36. The molecule has 1 saturated heterocycles. The van der Waals surface area contributed by atoms with E-state index in [-0.39, 0.29) is 24.3 Å². The maximum atomic E-state index is 13.6. The van der Waals surface area contributed by atoms with Crippen LogP contribution in [0.15, 0.2) is 60.7 Å². The summed E-state index contributed by atoms with van der Waals surface area (Å²) in [6.07, 6.45) is -0.559. The van der Waals surface area contributed by atoms with Crippen LogP contribution in [0.4, 0.5) is 9.59 Å². The van der Waals surface area contributed by atoms with Crippen molar-refractivity contribution in [2.24, 2.45) is 5.92 Å². The van der Waals surface area contributed by atoms with Gasteiger partial charge in [0.05, 0.1) is 12.1 Å². The first-order chi connectivity index (χ1) is 18.9. The second-order valence-electron chi connectivity index (χ2n) is 11.8. The van der Waals surface area contributed by atoms with Crippen molar-refractivity contribution >= 4 is 18.0 Å². The molecule has 0 spiro atoms. The van der Waals surface area contributed by atoms with Crippen molar-refractivity contribution in [1.82, 2.24) is 20.9 Å². The molecule has 2 aromatic carbocycles. The van der Waals surface area contributed by atoms with Gasteiger partial charge in [0.15, 0.2) is 0 Å². The number of hydrogen-bond donors (Lipinski definition) is 4. The van der Waals surface area contributed by atoms with E-state index >= 15 is 0 Å². The van der Waals surface area contributed by atoms with E-state index in [1.807, 2.05) is 74.5 Å². The molecule has 9 nitrogen and oxygen atoms in total. The third-order valence-corrected chi connectivity index (χ3v) is 6.79. The summed E-state index contributed by atoms with van der Waals surface area (Å²) in [5, 5.41) is 20.2. The molecule has 0 aliphatic carbocycles. The zero-order valence-electron chi connectivity index (χ0n) is 24.2. The quantitative estimate of drug-likeness (QED) is 0.320. The number of hydrogen-bond acceptors (Lipinski definition) is 5. The van der Waals surface area contributed by atoms with E-state index in [4.69, 9.17) is 4.74 Å². The van der Waals surface area contributed by atoms with Crippen LogP contribution in [0.5, 0.6) is 0 Å². The highest BCUT2D eigenvalue weighted by molar-refractivity contribution is 5.88. The van der Waals surface area contributed by atoms with Gasteiger partial charge in [0.1, 0.15) is 11.6 Å². The lowest BCUT2D eigenvalue weighted by Gasteiger charge is -2.33. The van der Waals surface area contributed by atoms with Gasteiger partial charge in [-0.05, 0) is 57.1 Å². The molecule has 0 bridgehead atoms. The number of carbonyl (C=O) groups excluding carboxylic acids is 3. The van der Waals surface area contributed by atoms with Crippen LogP contribution in [0.3, 0.4) is 0 Å². The van der Waals surface area contributed by atoms with Crippen molar-refractivity contribution in [2.75, 3.05) is 13.1 Å². The number of ether oxygens (including phenoxy) is 1. The molecule has 218 valence electrons. The Labute approximate surface area is 237 Å². The van der Waals surface area contributed by atoms with Crippen LogP contribution in [-0.4, -0.2) is 71.0 Å². The Morgan fingerprint density at radius 3 is 2.05 bits per heavy atom. The molecule has 0 radical (unpaired) electrons. The first kappa shape index (κ1) is 30.9. The zero-order chi connectivity index (χ0) is 29.3. The minimum atomic E-state index is -0.991. The first-order valence-electron chi connectivity index (χ1n) is 14.0. The fourth-order valence-electron chi connectivity index (χ4n) is 5.00. The number of carbonyl (C=O) groups is 3. The van der Waals surface area contributed by atoms with Crippen molar-refractivity contribution in [3.8, 4) is 0 Å². The second-order valence-corrected chi connectivity index (χ2v) is 11.8. The average molecular weight is 553 g/mol. The van der Waals surface area contributed by atoms with Crippen molar-refractivity contribution in [3.05, 3.63) is 71.8 Å². The predicted octanol–water partition coefficient (Wildman–Crippen LogP) is 3.65. The summed E-state index contributed by atoms with van der Waals surface area (Å²) in [5.74, 6) is -0.370. The van der Waals surface area contributed by atoms with E-state index in [1.54, 1.807) is 25.7 Å². The minimum Gasteiger partial charge on any atom is -0.444 e. The van der Waals surface area contributed by atoms with Crippen molar-refractivity contribution in [1.29, 1.82) is 0 Å². The van der Waals surface area contributed by atoms with Crippen LogP contribution in [0.1, 0.15) is 52.2 Å². The zero-order valence-corrected chi connectivity index (χ0v) is 24.2. The molecule has 2 aromatic rings. The molecule has 4 N–H and O–H groups in total. The van der Waals surface area contributed by atoms with Gasteiger partial charge in [-0.2, -0.15) is 0 Å². The lowest BCUT2D eigenvalue weighted by molar-refractivity contribution is -0.127. The Morgan fingerprint density at radius 1 is 0.975 bits per heavy atom. The van der Waals surface area contributed by atoms with E-state index < -0.39 is 35.9 Å². The van der Waals surface area contributed by atoms with Crippen molar-refractivity contribution in [3.63, 3.8) is 0 Å². The van der Waals surface area contributed by atoms with Gasteiger partial charge in [-0.15, -0.1) is 0 Å². The molecule has 0 aromatic heterocycles. The van der Waals surface area contributed by atoms with Crippen molar-refractivity contribution < 1.29 is 24.2 Å². The maximum Gasteiger partial charge on any atom is 0.407 e. The summed E-state index contributed by atoms with van der Waals surface area (Å²) in [5.41, 5.74) is 1.26. The molecule has 1 aliphatic rings.